The monoisotopic (exact) mass is 571 g/mol. The first-order chi connectivity index (χ1) is 19.0. The summed E-state index contributed by atoms with van der Waals surface area (Å²) >= 11 is 0. The number of aromatic nitrogens is 1. The van der Waals surface area contributed by atoms with Crippen LogP contribution >= 0.6 is 0 Å². The lowest BCUT2D eigenvalue weighted by molar-refractivity contribution is -0.835. The lowest BCUT2D eigenvalue weighted by Crippen LogP contribution is -3.17. The molecule has 1 amide bonds. The number of nitrogens with zero attached hydrogens (tertiary/aromatic N) is 3. The maximum atomic E-state index is 13.6. The Balaban J connectivity index is 1.86. The van der Waals surface area contributed by atoms with Crippen LogP contribution in [0.2, 0.25) is 0 Å². The molecule has 3 aromatic rings. The number of sulfonamides is 1. The molecule has 1 heterocycles. The number of pyridine rings is 1. The number of benzene rings is 2. The first-order valence-corrected chi connectivity index (χ1v) is 14.3. The molecule has 0 fully saturated rings. The van der Waals surface area contributed by atoms with Gasteiger partial charge < -0.3 is 9.84 Å². The Labute approximate surface area is 234 Å². The van der Waals surface area contributed by atoms with E-state index in [1.807, 2.05) is 44.2 Å². The maximum Gasteiger partial charge on any atom is 0.514 e. The summed E-state index contributed by atoms with van der Waals surface area (Å²) in [6.07, 6.45) is 1.63. The van der Waals surface area contributed by atoms with Crippen molar-refractivity contribution in [2.75, 3.05) is 20.1 Å². The van der Waals surface area contributed by atoms with Crippen molar-refractivity contribution in [2.24, 2.45) is 5.92 Å². The molecule has 0 saturated heterocycles. The number of nitro benzene ring substituents is 1. The van der Waals surface area contributed by atoms with Crippen LogP contribution in [-0.2, 0) is 27.8 Å². The fourth-order valence-corrected chi connectivity index (χ4v) is 5.87. The van der Waals surface area contributed by atoms with Crippen LogP contribution in [0.25, 0.3) is 0 Å². The van der Waals surface area contributed by atoms with E-state index in [9.17, 15) is 28.4 Å². The van der Waals surface area contributed by atoms with E-state index < -0.39 is 33.2 Å². The lowest BCUT2D eigenvalue weighted by atomic mass is 10.00. The van der Waals surface area contributed by atoms with E-state index in [0.29, 0.717) is 5.56 Å². The second kappa shape index (κ2) is 14.1. The van der Waals surface area contributed by atoms with Crippen LogP contribution in [0, 0.1) is 16.0 Å². The molecular formula is C28H35N4O7S+. The number of hydrogen-bond acceptors (Lipinski definition) is 8. The number of alkyl carbamates (subject to hydrolysis) is 2. The number of likely N-dealkylation sites (N-methyl/N-ethyl adjacent to an activating group) is 1. The van der Waals surface area contributed by atoms with E-state index in [4.69, 9.17) is 4.74 Å². The largest absolute Gasteiger partial charge is 0.514 e. The van der Waals surface area contributed by atoms with Gasteiger partial charge in [0.1, 0.15) is 18.8 Å². The number of carbonyl (C=O) groups excluding carboxylic acids is 1. The van der Waals surface area contributed by atoms with E-state index in [2.05, 4.69) is 4.98 Å². The number of carbonyl (C=O) groups is 1. The fraction of sp³-hybridized carbons (Fsp3) is 0.357. The van der Waals surface area contributed by atoms with Gasteiger partial charge in [0.05, 0.1) is 16.9 Å². The highest BCUT2D eigenvalue weighted by Gasteiger charge is 2.37. The Morgan fingerprint density at radius 1 is 1.05 bits per heavy atom. The lowest BCUT2D eigenvalue weighted by Gasteiger charge is -2.31. The third-order valence-corrected chi connectivity index (χ3v) is 8.22. The van der Waals surface area contributed by atoms with Crippen LogP contribution in [0.5, 0.6) is 0 Å². The summed E-state index contributed by atoms with van der Waals surface area (Å²) in [5, 5.41) is 22.5. The van der Waals surface area contributed by atoms with Gasteiger partial charge in [0.2, 0.25) is 10.0 Å². The van der Waals surface area contributed by atoms with Crippen LogP contribution < -0.4 is 4.90 Å². The van der Waals surface area contributed by atoms with Crippen molar-refractivity contribution >= 4 is 21.8 Å². The van der Waals surface area contributed by atoms with Gasteiger partial charge in [-0.1, -0.05) is 50.2 Å². The quantitative estimate of drug-likeness (QED) is 0.235. The highest BCUT2D eigenvalue weighted by Crippen LogP contribution is 2.21. The van der Waals surface area contributed by atoms with Crippen molar-refractivity contribution in [3.05, 3.63) is 100 Å². The highest BCUT2D eigenvalue weighted by molar-refractivity contribution is 7.89. The van der Waals surface area contributed by atoms with Gasteiger partial charge in [0.15, 0.2) is 0 Å². The number of ether oxygens (including phenoxy) is 1. The van der Waals surface area contributed by atoms with Crippen molar-refractivity contribution < 1.29 is 32.9 Å². The van der Waals surface area contributed by atoms with Gasteiger partial charge >= 0.3 is 6.09 Å². The molecule has 2 aromatic carbocycles. The Morgan fingerprint density at radius 3 is 2.27 bits per heavy atom. The summed E-state index contributed by atoms with van der Waals surface area (Å²) < 4.78 is 33.8. The number of hydrogen-bond donors (Lipinski definition) is 2. The fourth-order valence-electron chi connectivity index (χ4n) is 4.25. The summed E-state index contributed by atoms with van der Waals surface area (Å²) in [6.45, 7) is 3.51. The maximum absolute atomic E-state index is 13.6. The Hall–Kier alpha value is -3.71. The predicted molar refractivity (Wildman–Crippen MR) is 148 cm³/mol. The van der Waals surface area contributed by atoms with Gasteiger partial charge in [-0.25, -0.2) is 13.3 Å². The van der Waals surface area contributed by atoms with E-state index in [0.717, 1.165) is 22.0 Å². The molecule has 0 aliphatic heterocycles. The van der Waals surface area contributed by atoms with Crippen LogP contribution in [0.3, 0.4) is 0 Å². The third kappa shape index (κ3) is 8.39. The zero-order valence-corrected chi connectivity index (χ0v) is 23.5. The molecule has 0 aliphatic carbocycles. The molecule has 0 bridgehead atoms. The minimum atomic E-state index is -4.11. The molecule has 214 valence electrons. The molecule has 2 N–H and O–H groups in total. The van der Waals surface area contributed by atoms with Gasteiger partial charge in [0.25, 0.3) is 5.69 Å². The van der Waals surface area contributed by atoms with Crippen molar-refractivity contribution in [3.63, 3.8) is 0 Å². The van der Waals surface area contributed by atoms with Crippen LogP contribution in [0.1, 0.15) is 25.0 Å². The molecule has 0 aliphatic rings. The highest BCUT2D eigenvalue weighted by atomic mass is 32.2. The average molecular weight is 572 g/mol. The zero-order valence-electron chi connectivity index (χ0n) is 22.7. The SMILES string of the molecule is CC(C)CN(C[C@@H](O)[C@H](Cc1ccccc1)[NH+](C)C(=O)OCc1cccnc1)S(=O)(=O)c1ccc([N+](=O)[O-])cc1. The Morgan fingerprint density at radius 2 is 1.70 bits per heavy atom. The molecule has 1 unspecified atom stereocenters. The second-order valence-electron chi connectivity index (χ2n) is 9.95. The minimum absolute atomic E-state index is 0.00611. The molecule has 11 nitrogen and oxygen atoms in total. The molecule has 0 saturated carbocycles. The average Bonchev–Trinajstić information content (AvgIpc) is 2.94. The topological polar surface area (TPSA) is 144 Å². The first-order valence-electron chi connectivity index (χ1n) is 12.8. The van der Waals surface area contributed by atoms with Crippen molar-refractivity contribution in [1.82, 2.24) is 9.29 Å². The van der Waals surface area contributed by atoms with Gasteiger partial charge in [-0.3, -0.25) is 15.1 Å². The number of aliphatic hydroxyl groups is 1. The van der Waals surface area contributed by atoms with Crippen LogP contribution in [-0.4, -0.2) is 66.1 Å². The van der Waals surface area contributed by atoms with Crippen molar-refractivity contribution in [2.45, 2.75) is 43.9 Å². The third-order valence-electron chi connectivity index (χ3n) is 6.38. The van der Waals surface area contributed by atoms with Crippen LogP contribution in [0.15, 0.2) is 84.0 Å². The second-order valence-corrected chi connectivity index (χ2v) is 11.9. The summed E-state index contributed by atoms with van der Waals surface area (Å²) in [6, 6.07) is 16.7. The standard InChI is InChI=1S/C28H34N4O7S/c1-21(2)18-31(40(37,38)25-13-11-24(12-14-25)32(35)36)19-27(33)26(16-22-8-5-4-6-9-22)30(3)28(34)39-20-23-10-7-15-29-17-23/h4-15,17,21,26-27,33H,16,18-20H2,1-3H3/p+1/t26-,27+/m0/s1. The molecule has 3 rings (SSSR count). The Bertz CT molecular complexity index is 1350. The van der Waals surface area contributed by atoms with Gasteiger partial charge in [0, 0.05) is 49.6 Å². The number of aliphatic hydroxyl groups excluding tert-OH is 1. The molecule has 0 radical (unpaired) electrons. The molecule has 12 heteroatoms. The first kappa shape index (κ1) is 30.8. The number of quaternary nitrogens is 1. The van der Waals surface area contributed by atoms with Gasteiger partial charge in [-0.05, 0) is 29.7 Å². The molecule has 40 heavy (non-hydrogen) atoms. The molecule has 3 atom stereocenters. The minimum Gasteiger partial charge on any atom is -0.415 e. The smallest absolute Gasteiger partial charge is 0.415 e. The van der Waals surface area contributed by atoms with E-state index in [-0.39, 0.29) is 47.5 Å². The predicted octanol–water partition coefficient (Wildman–Crippen LogP) is 2.46. The summed E-state index contributed by atoms with van der Waals surface area (Å²) in [5.74, 6) is -0.0814. The number of nitrogens with one attached hydrogen (secondary N) is 1. The molecule has 0 spiro atoms. The van der Waals surface area contributed by atoms with Crippen LogP contribution in [0.4, 0.5) is 10.5 Å². The number of rotatable bonds is 13. The Kier molecular flexibility index (Phi) is 10.8. The summed E-state index contributed by atoms with van der Waals surface area (Å²) in [5.41, 5.74) is 1.34. The van der Waals surface area contributed by atoms with Gasteiger partial charge in [-0.15, -0.1) is 0 Å². The number of amides is 1. The van der Waals surface area contributed by atoms with E-state index >= 15 is 0 Å². The van der Waals surface area contributed by atoms with Gasteiger partial charge in [-0.2, -0.15) is 9.10 Å². The number of nitro groups is 1. The molecule has 1 aromatic heterocycles. The normalized spacial score (nSPS) is 14.1. The van der Waals surface area contributed by atoms with E-state index in [1.54, 1.807) is 31.6 Å². The van der Waals surface area contributed by atoms with E-state index in [1.165, 1.54) is 12.1 Å². The van der Waals surface area contributed by atoms with Crippen molar-refractivity contribution in [1.29, 1.82) is 0 Å². The summed E-state index contributed by atoms with van der Waals surface area (Å²) in [4.78, 5) is 27.6. The zero-order chi connectivity index (χ0) is 29.3. The number of non-ortho nitro benzene ring substituents is 1. The summed E-state index contributed by atoms with van der Waals surface area (Å²) in [7, 11) is -2.53. The van der Waals surface area contributed by atoms with Crippen molar-refractivity contribution in [3.8, 4) is 0 Å². The molecular weight excluding hydrogens is 536 g/mol.